The molecule has 52 valence electrons. The zero-order valence-electron chi connectivity index (χ0n) is 5.38. The minimum absolute atomic E-state index is 0.564. The summed E-state index contributed by atoms with van der Waals surface area (Å²) >= 11 is 0. The van der Waals surface area contributed by atoms with E-state index in [1.165, 1.54) is 0 Å². The van der Waals surface area contributed by atoms with E-state index in [2.05, 4.69) is 6.58 Å². The van der Waals surface area contributed by atoms with E-state index in [4.69, 9.17) is 10.2 Å². The Labute approximate surface area is 54.8 Å². The van der Waals surface area contributed by atoms with E-state index in [1.807, 2.05) is 0 Å². The Morgan fingerprint density at radius 3 is 2.56 bits per heavy atom. The van der Waals surface area contributed by atoms with Crippen LogP contribution >= 0.6 is 0 Å². The van der Waals surface area contributed by atoms with Crippen LogP contribution in [0.2, 0.25) is 0 Å². The zero-order valence-corrected chi connectivity index (χ0v) is 5.38. The maximum atomic E-state index is 9.10. The van der Waals surface area contributed by atoms with Crippen molar-refractivity contribution in [3.8, 4) is 0 Å². The third kappa shape index (κ3) is 1.32. The number of hydrogen-bond acceptors (Lipinski definition) is 2. The van der Waals surface area contributed by atoms with Crippen molar-refractivity contribution in [2.24, 2.45) is 0 Å². The van der Waals surface area contributed by atoms with Gasteiger partial charge in [0, 0.05) is 0 Å². The maximum absolute atomic E-state index is 9.10. The second-order valence-electron chi connectivity index (χ2n) is 2.56. The van der Waals surface area contributed by atoms with Crippen LogP contribution in [0, 0.1) is 0 Å². The number of aliphatic hydroxyl groups is 2. The largest absolute Gasteiger partial charge is 0.390 e. The number of hydrogen-bond donors (Lipinski definition) is 2. The zero-order chi connectivity index (χ0) is 6.85. The summed E-state index contributed by atoms with van der Waals surface area (Å²) in [5.41, 5.74) is 0.772. The first-order valence-electron chi connectivity index (χ1n) is 3.25. The molecule has 0 bridgehead atoms. The van der Waals surface area contributed by atoms with Crippen LogP contribution < -0.4 is 0 Å². The van der Waals surface area contributed by atoms with Gasteiger partial charge in [-0.25, -0.2) is 0 Å². The fourth-order valence-corrected chi connectivity index (χ4v) is 1.12. The van der Waals surface area contributed by atoms with Crippen LogP contribution in [0.15, 0.2) is 12.2 Å². The SMILES string of the molecule is C=C1CCCC(O)C1O. The monoisotopic (exact) mass is 128 g/mol. The van der Waals surface area contributed by atoms with Gasteiger partial charge in [0.2, 0.25) is 0 Å². The van der Waals surface area contributed by atoms with Crippen molar-refractivity contribution in [3.05, 3.63) is 12.2 Å². The van der Waals surface area contributed by atoms with Gasteiger partial charge in [0.05, 0.1) is 6.10 Å². The minimum atomic E-state index is -0.668. The summed E-state index contributed by atoms with van der Waals surface area (Å²) in [4.78, 5) is 0. The molecule has 0 aromatic carbocycles. The third-order valence-electron chi connectivity index (χ3n) is 1.78. The van der Waals surface area contributed by atoms with E-state index in [9.17, 15) is 0 Å². The van der Waals surface area contributed by atoms with Gasteiger partial charge in [-0.05, 0) is 24.8 Å². The summed E-state index contributed by atoms with van der Waals surface area (Å²) in [7, 11) is 0. The lowest BCUT2D eigenvalue weighted by Crippen LogP contribution is -2.30. The van der Waals surface area contributed by atoms with Gasteiger partial charge in [0.15, 0.2) is 0 Å². The number of rotatable bonds is 0. The van der Waals surface area contributed by atoms with Crippen molar-refractivity contribution in [2.45, 2.75) is 31.5 Å². The molecule has 0 radical (unpaired) electrons. The second-order valence-corrected chi connectivity index (χ2v) is 2.56. The van der Waals surface area contributed by atoms with Crippen molar-refractivity contribution in [1.82, 2.24) is 0 Å². The smallest absolute Gasteiger partial charge is 0.101 e. The molecule has 0 saturated heterocycles. The lowest BCUT2D eigenvalue weighted by molar-refractivity contribution is 0.0219. The van der Waals surface area contributed by atoms with Crippen LogP contribution in [0.3, 0.4) is 0 Å². The van der Waals surface area contributed by atoms with Crippen molar-refractivity contribution >= 4 is 0 Å². The van der Waals surface area contributed by atoms with Crippen molar-refractivity contribution in [2.75, 3.05) is 0 Å². The molecule has 0 heterocycles. The Hall–Kier alpha value is -0.340. The molecule has 1 aliphatic carbocycles. The second kappa shape index (κ2) is 2.50. The molecule has 9 heavy (non-hydrogen) atoms. The molecule has 2 atom stereocenters. The molecule has 1 saturated carbocycles. The third-order valence-corrected chi connectivity index (χ3v) is 1.78. The highest BCUT2D eigenvalue weighted by atomic mass is 16.3. The van der Waals surface area contributed by atoms with Crippen LogP contribution in [0.1, 0.15) is 19.3 Å². The Bertz CT molecular complexity index is 120. The first kappa shape index (κ1) is 6.78. The van der Waals surface area contributed by atoms with Crippen LogP contribution in [-0.4, -0.2) is 22.4 Å². The Morgan fingerprint density at radius 2 is 2.11 bits per heavy atom. The van der Waals surface area contributed by atoms with Gasteiger partial charge in [-0.3, -0.25) is 0 Å². The van der Waals surface area contributed by atoms with Gasteiger partial charge in [-0.1, -0.05) is 6.58 Å². The molecule has 2 heteroatoms. The molecule has 0 amide bonds. The highest BCUT2D eigenvalue weighted by Gasteiger charge is 2.22. The van der Waals surface area contributed by atoms with Crippen LogP contribution in [0.25, 0.3) is 0 Å². The van der Waals surface area contributed by atoms with Crippen LogP contribution in [-0.2, 0) is 0 Å². The normalized spacial score (nSPS) is 36.9. The molecule has 1 aliphatic rings. The molecule has 2 N–H and O–H groups in total. The molecule has 1 rings (SSSR count). The van der Waals surface area contributed by atoms with Gasteiger partial charge in [-0.2, -0.15) is 0 Å². The molecule has 0 spiro atoms. The molecule has 0 aliphatic heterocycles. The summed E-state index contributed by atoms with van der Waals surface area (Å²) in [5, 5.41) is 18.1. The predicted octanol–water partition coefficient (Wildman–Crippen LogP) is 0.448. The van der Waals surface area contributed by atoms with Crippen LogP contribution in [0.5, 0.6) is 0 Å². The van der Waals surface area contributed by atoms with E-state index < -0.39 is 12.2 Å². The molecule has 2 unspecified atom stereocenters. The highest BCUT2D eigenvalue weighted by Crippen LogP contribution is 2.21. The summed E-state index contributed by atoms with van der Waals surface area (Å²) in [5.74, 6) is 0. The average molecular weight is 128 g/mol. The van der Waals surface area contributed by atoms with Gasteiger partial charge in [0.1, 0.15) is 6.10 Å². The van der Waals surface area contributed by atoms with E-state index in [0.717, 1.165) is 18.4 Å². The first-order chi connectivity index (χ1) is 4.22. The van der Waals surface area contributed by atoms with E-state index in [-0.39, 0.29) is 0 Å². The van der Waals surface area contributed by atoms with E-state index in [0.29, 0.717) is 6.42 Å². The molecular formula is C7H12O2. The van der Waals surface area contributed by atoms with Gasteiger partial charge in [-0.15, -0.1) is 0 Å². The summed E-state index contributed by atoms with van der Waals surface area (Å²) in [6, 6.07) is 0. The fraction of sp³-hybridized carbons (Fsp3) is 0.714. The van der Waals surface area contributed by atoms with Gasteiger partial charge in [0.25, 0.3) is 0 Å². The fourth-order valence-electron chi connectivity index (χ4n) is 1.12. The highest BCUT2D eigenvalue weighted by molar-refractivity contribution is 5.07. The summed E-state index contributed by atoms with van der Waals surface area (Å²) in [6.45, 7) is 3.64. The minimum Gasteiger partial charge on any atom is -0.390 e. The van der Waals surface area contributed by atoms with Gasteiger partial charge < -0.3 is 10.2 Å². The standard InChI is InChI=1S/C7H12O2/c1-5-3-2-4-6(8)7(5)9/h6-9H,1-4H2. The maximum Gasteiger partial charge on any atom is 0.101 e. The van der Waals surface area contributed by atoms with E-state index in [1.54, 1.807) is 0 Å². The quantitative estimate of drug-likeness (QED) is 0.465. The van der Waals surface area contributed by atoms with Crippen molar-refractivity contribution in [3.63, 3.8) is 0 Å². The first-order valence-corrected chi connectivity index (χ1v) is 3.25. The van der Waals surface area contributed by atoms with Gasteiger partial charge >= 0.3 is 0 Å². The molecule has 2 nitrogen and oxygen atoms in total. The summed E-state index contributed by atoms with van der Waals surface area (Å²) < 4.78 is 0. The Balaban J connectivity index is 2.51. The van der Waals surface area contributed by atoms with Crippen molar-refractivity contribution < 1.29 is 10.2 Å². The Morgan fingerprint density at radius 1 is 1.44 bits per heavy atom. The van der Waals surface area contributed by atoms with E-state index >= 15 is 0 Å². The predicted molar refractivity (Wildman–Crippen MR) is 35.0 cm³/mol. The average Bonchev–Trinajstić information content (AvgIpc) is 1.83. The number of aliphatic hydroxyl groups excluding tert-OH is 2. The Kier molecular flexibility index (Phi) is 1.88. The molecule has 1 fully saturated rings. The lowest BCUT2D eigenvalue weighted by Gasteiger charge is -2.24. The van der Waals surface area contributed by atoms with Crippen molar-refractivity contribution in [1.29, 1.82) is 0 Å². The molecular weight excluding hydrogens is 116 g/mol. The molecule has 0 aromatic rings. The topological polar surface area (TPSA) is 40.5 Å². The lowest BCUT2D eigenvalue weighted by atomic mass is 9.91. The van der Waals surface area contributed by atoms with Crippen LogP contribution in [0.4, 0.5) is 0 Å². The molecule has 0 aromatic heterocycles. The summed E-state index contributed by atoms with van der Waals surface area (Å²) in [6.07, 6.45) is 1.29.